The number of nitrogens with one attached hydrogen (secondary N) is 1. The fourth-order valence-corrected chi connectivity index (χ4v) is 1.90. The van der Waals surface area contributed by atoms with E-state index in [0.29, 0.717) is 22.6 Å². The van der Waals surface area contributed by atoms with Crippen LogP contribution in [0, 0.1) is 5.82 Å². The normalized spacial score (nSPS) is 11.2. The van der Waals surface area contributed by atoms with E-state index in [2.05, 4.69) is 19.9 Å². The van der Waals surface area contributed by atoms with Crippen LogP contribution in [0.5, 0.6) is 5.75 Å². The summed E-state index contributed by atoms with van der Waals surface area (Å²) in [7, 11) is 0. The molecule has 2 aromatic heterocycles. The summed E-state index contributed by atoms with van der Waals surface area (Å²) in [6.07, 6.45) is 2.98. The van der Waals surface area contributed by atoms with E-state index in [1.54, 1.807) is 18.3 Å². The van der Waals surface area contributed by atoms with Crippen LogP contribution in [-0.2, 0) is 0 Å². The number of benzene rings is 1. The molecule has 5 nitrogen and oxygen atoms in total. The van der Waals surface area contributed by atoms with E-state index in [1.165, 1.54) is 12.4 Å². The van der Waals surface area contributed by atoms with Crippen molar-refractivity contribution in [1.29, 1.82) is 0 Å². The van der Waals surface area contributed by atoms with Crippen molar-refractivity contribution in [2.75, 3.05) is 0 Å². The van der Waals surface area contributed by atoms with Crippen LogP contribution in [-0.4, -0.2) is 26.0 Å². The van der Waals surface area contributed by atoms with Crippen LogP contribution in [0.4, 0.5) is 4.39 Å². The van der Waals surface area contributed by atoms with Gasteiger partial charge in [0.1, 0.15) is 17.7 Å². The van der Waals surface area contributed by atoms with Crippen LogP contribution < -0.4 is 4.74 Å². The van der Waals surface area contributed by atoms with Gasteiger partial charge in [-0.15, -0.1) is 0 Å². The van der Waals surface area contributed by atoms with Gasteiger partial charge in [-0.1, -0.05) is 0 Å². The summed E-state index contributed by atoms with van der Waals surface area (Å²) in [6.45, 7) is 3.70. The molecule has 0 fully saturated rings. The first kappa shape index (κ1) is 12.5. The van der Waals surface area contributed by atoms with Gasteiger partial charge in [0.15, 0.2) is 17.2 Å². The maximum atomic E-state index is 14.0. The first-order chi connectivity index (χ1) is 9.63. The average Bonchev–Trinajstić information content (AvgIpc) is 2.84. The molecule has 0 aliphatic carbocycles. The minimum atomic E-state index is -0.414. The first-order valence-corrected chi connectivity index (χ1v) is 6.26. The number of H-pyrrole nitrogens is 1. The van der Waals surface area contributed by atoms with E-state index in [4.69, 9.17) is 4.74 Å². The third-order valence-electron chi connectivity index (χ3n) is 2.73. The van der Waals surface area contributed by atoms with Crippen molar-refractivity contribution in [2.24, 2.45) is 0 Å². The number of rotatable bonds is 3. The Morgan fingerprint density at radius 3 is 2.85 bits per heavy atom. The van der Waals surface area contributed by atoms with Gasteiger partial charge in [0.25, 0.3) is 0 Å². The Balaban J connectivity index is 1.99. The molecule has 3 rings (SSSR count). The van der Waals surface area contributed by atoms with Gasteiger partial charge in [-0.3, -0.25) is 0 Å². The Morgan fingerprint density at radius 1 is 1.30 bits per heavy atom. The molecule has 1 aromatic carbocycles. The molecule has 1 N–H and O–H groups in total. The fraction of sp³-hybridized carbons (Fsp3) is 0.214. The lowest BCUT2D eigenvalue weighted by molar-refractivity contribution is 0.231. The van der Waals surface area contributed by atoms with E-state index in [0.717, 1.165) is 0 Å². The standard InChI is InChI=1S/C14H13FN4O/c1-8(2)20-12-4-3-9(5-10(12)15)13-18-11-6-16-7-17-14(11)19-13/h3-8H,1-2H3,(H,16,17,18,19). The van der Waals surface area contributed by atoms with Gasteiger partial charge in [0.05, 0.1) is 12.3 Å². The molecule has 0 amide bonds. The summed E-state index contributed by atoms with van der Waals surface area (Å²) >= 11 is 0. The second-order valence-corrected chi connectivity index (χ2v) is 4.66. The van der Waals surface area contributed by atoms with Crippen LogP contribution in [0.3, 0.4) is 0 Å². The second kappa shape index (κ2) is 4.88. The lowest BCUT2D eigenvalue weighted by atomic mass is 10.2. The number of hydrogen-bond acceptors (Lipinski definition) is 4. The molecule has 102 valence electrons. The molecule has 3 aromatic rings. The molecule has 0 unspecified atom stereocenters. The predicted molar refractivity (Wildman–Crippen MR) is 72.8 cm³/mol. The fourth-order valence-electron chi connectivity index (χ4n) is 1.90. The molecule has 20 heavy (non-hydrogen) atoms. The SMILES string of the molecule is CC(C)Oc1ccc(-c2nc3ncncc3[nH]2)cc1F. The highest BCUT2D eigenvalue weighted by atomic mass is 19.1. The minimum Gasteiger partial charge on any atom is -0.488 e. The Labute approximate surface area is 114 Å². The number of hydrogen-bond donors (Lipinski definition) is 1. The van der Waals surface area contributed by atoms with Crippen molar-refractivity contribution in [3.8, 4) is 17.1 Å². The van der Waals surface area contributed by atoms with Crippen LogP contribution in [0.25, 0.3) is 22.6 Å². The molecular formula is C14H13FN4O. The molecule has 0 aliphatic heterocycles. The Hall–Kier alpha value is -2.50. The number of imidazole rings is 1. The minimum absolute atomic E-state index is 0.0724. The average molecular weight is 272 g/mol. The van der Waals surface area contributed by atoms with Crippen molar-refractivity contribution in [3.05, 3.63) is 36.5 Å². The zero-order valence-electron chi connectivity index (χ0n) is 11.1. The summed E-state index contributed by atoms with van der Waals surface area (Å²) in [4.78, 5) is 15.3. The topological polar surface area (TPSA) is 63.7 Å². The summed E-state index contributed by atoms with van der Waals surface area (Å²) < 4.78 is 19.3. The third-order valence-corrected chi connectivity index (χ3v) is 2.73. The largest absolute Gasteiger partial charge is 0.488 e. The van der Waals surface area contributed by atoms with Gasteiger partial charge < -0.3 is 9.72 Å². The molecule has 0 saturated heterocycles. The molecule has 0 spiro atoms. The van der Waals surface area contributed by atoms with Crippen LogP contribution >= 0.6 is 0 Å². The number of fused-ring (bicyclic) bond motifs is 1. The molecule has 0 bridgehead atoms. The van der Waals surface area contributed by atoms with Gasteiger partial charge in [0.2, 0.25) is 0 Å². The van der Waals surface area contributed by atoms with Crippen molar-refractivity contribution >= 4 is 11.2 Å². The van der Waals surface area contributed by atoms with E-state index in [9.17, 15) is 4.39 Å². The maximum absolute atomic E-state index is 14.0. The van der Waals surface area contributed by atoms with E-state index in [-0.39, 0.29) is 11.9 Å². The highest BCUT2D eigenvalue weighted by Crippen LogP contribution is 2.25. The molecular weight excluding hydrogens is 259 g/mol. The van der Waals surface area contributed by atoms with Crippen LogP contribution in [0.2, 0.25) is 0 Å². The molecule has 0 atom stereocenters. The maximum Gasteiger partial charge on any atom is 0.181 e. The number of aromatic nitrogens is 4. The van der Waals surface area contributed by atoms with Gasteiger partial charge in [-0.05, 0) is 32.0 Å². The van der Waals surface area contributed by atoms with Crippen molar-refractivity contribution in [1.82, 2.24) is 19.9 Å². The summed E-state index contributed by atoms with van der Waals surface area (Å²) in [5, 5.41) is 0. The summed E-state index contributed by atoms with van der Waals surface area (Å²) in [6, 6.07) is 4.75. The lowest BCUT2D eigenvalue weighted by Crippen LogP contribution is -2.06. The van der Waals surface area contributed by atoms with Crippen molar-refractivity contribution in [3.63, 3.8) is 0 Å². The molecule has 2 heterocycles. The summed E-state index contributed by atoms with van der Waals surface area (Å²) in [5.41, 5.74) is 1.90. The van der Waals surface area contributed by atoms with E-state index >= 15 is 0 Å². The molecule has 0 radical (unpaired) electrons. The highest BCUT2D eigenvalue weighted by Gasteiger charge is 2.11. The van der Waals surface area contributed by atoms with Crippen molar-refractivity contribution in [2.45, 2.75) is 20.0 Å². The molecule has 0 aliphatic rings. The number of halogens is 1. The Bertz CT molecular complexity index is 721. The lowest BCUT2D eigenvalue weighted by Gasteiger charge is -2.10. The monoisotopic (exact) mass is 272 g/mol. The van der Waals surface area contributed by atoms with Gasteiger partial charge in [-0.2, -0.15) is 0 Å². The Morgan fingerprint density at radius 2 is 2.15 bits per heavy atom. The summed E-state index contributed by atoms with van der Waals surface area (Å²) in [5.74, 6) is 0.373. The Kier molecular flexibility index (Phi) is 3.06. The second-order valence-electron chi connectivity index (χ2n) is 4.66. The number of aromatic amines is 1. The van der Waals surface area contributed by atoms with Gasteiger partial charge in [-0.25, -0.2) is 19.3 Å². The van der Waals surface area contributed by atoms with Crippen molar-refractivity contribution < 1.29 is 9.13 Å². The quantitative estimate of drug-likeness (QED) is 0.796. The van der Waals surface area contributed by atoms with Crippen LogP contribution in [0.1, 0.15) is 13.8 Å². The zero-order chi connectivity index (χ0) is 14.1. The van der Waals surface area contributed by atoms with E-state index in [1.807, 2.05) is 13.8 Å². The van der Waals surface area contributed by atoms with Crippen LogP contribution in [0.15, 0.2) is 30.7 Å². The number of nitrogens with zero attached hydrogens (tertiary/aromatic N) is 3. The zero-order valence-corrected chi connectivity index (χ0v) is 11.1. The molecule has 6 heteroatoms. The van der Waals surface area contributed by atoms with Gasteiger partial charge in [0, 0.05) is 5.56 Å². The highest BCUT2D eigenvalue weighted by molar-refractivity contribution is 5.74. The molecule has 0 saturated carbocycles. The number of ether oxygens (including phenoxy) is 1. The third kappa shape index (κ3) is 2.32. The van der Waals surface area contributed by atoms with Gasteiger partial charge >= 0.3 is 0 Å². The smallest absolute Gasteiger partial charge is 0.181 e. The first-order valence-electron chi connectivity index (χ1n) is 6.26. The predicted octanol–water partition coefficient (Wildman–Crippen LogP) is 2.95. The van der Waals surface area contributed by atoms with E-state index < -0.39 is 5.82 Å².